The molecule has 1 N–H and O–H groups in total. The minimum Gasteiger partial charge on any atom is -0.481 e. The van der Waals surface area contributed by atoms with Crippen molar-refractivity contribution in [1.82, 2.24) is 19.9 Å². The Morgan fingerprint density at radius 1 is 1.03 bits per heavy atom. The predicted molar refractivity (Wildman–Crippen MR) is 139 cm³/mol. The number of unbranched alkanes of at least 4 members (excludes halogenated alkanes) is 1. The van der Waals surface area contributed by atoms with Crippen molar-refractivity contribution in [3.63, 3.8) is 0 Å². The lowest BCUT2D eigenvalue weighted by Crippen LogP contribution is -2.59. The first kappa shape index (κ1) is 24.2. The SMILES string of the molecule is CC1C=NN(C2CN(C(=O)c3ccc4nc(-c5ccc(Cl)cc5)c(CCCCC(=O)O)nc4c3)C2)C1. The second-order valence-electron chi connectivity index (χ2n) is 9.56. The first-order valence-electron chi connectivity index (χ1n) is 12.3. The van der Waals surface area contributed by atoms with Gasteiger partial charge in [-0.3, -0.25) is 14.6 Å². The summed E-state index contributed by atoms with van der Waals surface area (Å²) in [5, 5.41) is 16.1. The Balaban J connectivity index is 1.37. The van der Waals surface area contributed by atoms with Gasteiger partial charge in [0.25, 0.3) is 5.91 Å². The van der Waals surface area contributed by atoms with E-state index in [1.165, 1.54) is 0 Å². The fourth-order valence-corrected chi connectivity index (χ4v) is 4.76. The molecule has 3 heterocycles. The van der Waals surface area contributed by atoms with Crippen molar-refractivity contribution in [2.45, 2.75) is 38.6 Å². The zero-order valence-corrected chi connectivity index (χ0v) is 20.9. The Labute approximate surface area is 214 Å². The first-order valence-corrected chi connectivity index (χ1v) is 12.6. The minimum absolute atomic E-state index is 0.0176. The monoisotopic (exact) mass is 505 g/mol. The number of carbonyl (C=O) groups is 2. The molecule has 2 aliphatic rings. The van der Waals surface area contributed by atoms with Crippen molar-refractivity contribution in [2.75, 3.05) is 19.6 Å². The van der Waals surface area contributed by atoms with E-state index in [0.717, 1.165) is 23.5 Å². The van der Waals surface area contributed by atoms with Crippen LogP contribution in [0.25, 0.3) is 22.3 Å². The number of rotatable bonds is 8. The molecule has 1 atom stereocenters. The molecule has 0 bridgehead atoms. The number of hydrazone groups is 1. The summed E-state index contributed by atoms with van der Waals surface area (Å²) >= 11 is 6.07. The number of aryl methyl sites for hydroxylation is 1. The summed E-state index contributed by atoms with van der Waals surface area (Å²) < 4.78 is 0. The van der Waals surface area contributed by atoms with Gasteiger partial charge >= 0.3 is 5.97 Å². The van der Waals surface area contributed by atoms with Crippen LogP contribution in [0.3, 0.4) is 0 Å². The molecular formula is C27H28ClN5O3. The third-order valence-electron chi connectivity index (χ3n) is 6.67. The second-order valence-corrected chi connectivity index (χ2v) is 9.99. The molecule has 186 valence electrons. The molecule has 0 radical (unpaired) electrons. The van der Waals surface area contributed by atoms with E-state index < -0.39 is 5.97 Å². The molecule has 0 spiro atoms. The maximum atomic E-state index is 13.1. The van der Waals surface area contributed by atoms with Crippen LogP contribution in [0.4, 0.5) is 0 Å². The van der Waals surface area contributed by atoms with Gasteiger partial charge < -0.3 is 10.0 Å². The second kappa shape index (κ2) is 10.2. The van der Waals surface area contributed by atoms with Crippen molar-refractivity contribution >= 4 is 40.7 Å². The van der Waals surface area contributed by atoms with E-state index in [9.17, 15) is 9.59 Å². The number of halogens is 1. The van der Waals surface area contributed by atoms with Crippen LogP contribution in [-0.2, 0) is 11.2 Å². The number of fused-ring (bicyclic) bond motifs is 1. The molecule has 0 saturated carbocycles. The summed E-state index contributed by atoms with van der Waals surface area (Å²) in [6, 6.07) is 13.2. The van der Waals surface area contributed by atoms with Gasteiger partial charge in [0.05, 0.1) is 28.5 Å². The molecule has 5 rings (SSSR count). The Morgan fingerprint density at radius 3 is 2.50 bits per heavy atom. The molecule has 1 unspecified atom stereocenters. The summed E-state index contributed by atoms with van der Waals surface area (Å²) in [6.45, 7) is 4.37. The van der Waals surface area contributed by atoms with Crippen molar-refractivity contribution in [3.05, 3.63) is 58.7 Å². The number of nitrogens with zero attached hydrogens (tertiary/aromatic N) is 5. The third kappa shape index (κ3) is 5.18. The zero-order chi connectivity index (χ0) is 25.2. The quantitative estimate of drug-likeness (QED) is 0.452. The lowest BCUT2D eigenvalue weighted by molar-refractivity contribution is -0.137. The van der Waals surface area contributed by atoms with E-state index in [1.807, 2.05) is 41.4 Å². The zero-order valence-electron chi connectivity index (χ0n) is 20.1. The Bertz CT molecular complexity index is 1320. The van der Waals surface area contributed by atoms with E-state index in [1.54, 1.807) is 12.1 Å². The summed E-state index contributed by atoms with van der Waals surface area (Å²) in [6.07, 6.45) is 3.91. The molecule has 2 aromatic carbocycles. The Morgan fingerprint density at radius 2 is 1.81 bits per heavy atom. The maximum Gasteiger partial charge on any atom is 0.303 e. The fourth-order valence-electron chi connectivity index (χ4n) is 4.63. The molecule has 1 saturated heterocycles. The number of hydrogen-bond acceptors (Lipinski definition) is 6. The molecule has 1 amide bonds. The topological polar surface area (TPSA) is 99.0 Å². The highest BCUT2D eigenvalue weighted by atomic mass is 35.5. The van der Waals surface area contributed by atoms with Crippen LogP contribution in [0.1, 0.15) is 42.2 Å². The first-order chi connectivity index (χ1) is 17.4. The molecule has 1 aromatic heterocycles. The molecule has 8 nitrogen and oxygen atoms in total. The van der Waals surface area contributed by atoms with E-state index in [0.29, 0.717) is 59.9 Å². The number of likely N-dealkylation sites (tertiary alicyclic amines) is 1. The van der Waals surface area contributed by atoms with Gasteiger partial charge in [0.15, 0.2) is 0 Å². The number of benzene rings is 2. The highest BCUT2D eigenvalue weighted by Crippen LogP contribution is 2.28. The van der Waals surface area contributed by atoms with Crippen LogP contribution >= 0.6 is 11.6 Å². The van der Waals surface area contributed by atoms with Gasteiger partial charge in [-0.2, -0.15) is 5.10 Å². The van der Waals surface area contributed by atoms with Gasteiger partial charge in [0.2, 0.25) is 0 Å². The summed E-state index contributed by atoms with van der Waals surface area (Å²) in [4.78, 5) is 35.6. The number of aromatic nitrogens is 2. The summed E-state index contributed by atoms with van der Waals surface area (Å²) in [7, 11) is 0. The van der Waals surface area contributed by atoms with Gasteiger partial charge in [-0.1, -0.05) is 30.7 Å². The van der Waals surface area contributed by atoms with Crippen LogP contribution in [0.15, 0.2) is 47.6 Å². The number of carboxylic acids is 1. The largest absolute Gasteiger partial charge is 0.481 e. The Hall–Kier alpha value is -3.52. The van der Waals surface area contributed by atoms with Crippen LogP contribution in [0, 0.1) is 5.92 Å². The smallest absolute Gasteiger partial charge is 0.303 e. The van der Waals surface area contributed by atoms with Crippen molar-refractivity contribution in [2.24, 2.45) is 11.0 Å². The molecule has 3 aromatic rings. The van der Waals surface area contributed by atoms with Gasteiger partial charge in [0.1, 0.15) is 0 Å². The van der Waals surface area contributed by atoms with E-state index in [-0.39, 0.29) is 18.4 Å². The maximum absolute atomic E-state index is 13.1. The van der Waals surface area contributed by atoms with Crippen LogP contribution < -0.4 is 0 Å². The van der Waals surface area contributed by atoms with Gasteiger partial charge in [-0.25, -0.2) is 9.97 Å². The number of aliphatic carboxylic acids is 1. The predicted octanol–water partition coefficient (Wildman–Crippen LogP) is 4.51. The molecular weight excluding hydrogens is 478 g/mol. The minimum atomic E-state index is -0.806. The highest BCUT2D eigenvalue weighted by molar-refractivity contribution is 6.30. The normalized spacial score (nSPS) is 17.6. The molecule has 9 heteroatoms. The van der Waals surface area contributed by atoms with Crippen LogP contribution in [0.2, 0.25) is 5.02 Å². The number of hydrogen-bond donors (Lipinski definition) is 1. The van der Waals surface area contributed by atoms with E-state index in [4.69, 9.17) is 26.7 Å². The van der Waals surface area contributed by atoms with E-state index in [2.05, 4.69) is 17.0 Å². The molecule has 1 fully saturated rings. The third-order valence-corrected chi connectivity index (χ3v) is 6.92. The standard InChI is InChI=1S/C27H28ClN5O3/c1-17-13-29-33(14-17)21-15-32(16-21)27(36)19-8-11-22-24(12-19)30-23(4-2-3-5-25(34)35)26(31-22)18-6-9-20(28)10-7-18/h6-13,17,21H,2-5,14-16H2,1H3,(H,34,35). The average molecular weight is 506 g/mol. The van der Waals surface area contributed by atoms with Crippen LogP contribution in [-0.4, -0.2) is 68.8 Å². The van der Waals surface area contributed by atoms with Gasteiger partial charge in [-0.05, 0) is 49.6 Å². The van der Waals surface area contributed by atoms with Crippen LogP contribution in [0.5, 0.6) is 0 Å². The summed E-state index contributed by atoms with van der Waals surface area (Å²) in [5.74, 6) is -0.374. The fraction of sp³-hybridized carbons (Fsp3) is 0.370. The number of carboxylic acid groups (broad SMARTS) is 1. The highest BCUT2D eigenvalue weighted by Gasteiger charge is 2.36. The summed E-state index contributed by atoms with van der Waals surface area (Å²) in [5.41, 5.74) is 4.37. The number of carbonyl (C=O) groups excluding carboxylic acids is 1. The van der Waals surface area contributed by atoms with Crippen molar-refractivity contribution in [3.8, 4) is 11.3 Å². The molecule has 2 aliphatic heterocycles. The van der Waals surface area contributed by atoms with Crippen molar-refractivity contribution < 1.29 is 14.7 Å². The van der Waals surface area contributed by atoms with Gasteiger partial charge in [-0.15, -0.1) is 0 Å². The van der Waals surface area contributed by atoms with Gasteiger partial charge in [0, 0.05) is 54.3 Å². The van der Waals surface area contributed by atoms with Crippen molar-refractivity contribution in [1.29, 1.82) is 0 Å². The molecule has 0 aliphatic carbocycles. The lowest BCUT2D eigenvalue weighted by atomic mass is 10.0. The van der Waals surface area contributed by atoms with E-state index >= 15 is 0 Å². The average Bonchev–Trinajstić information content (AvgIpc) is 3.26. The molecule has 36 heavy (non-hydrogen) atoms. The Kier molecular flexibility index (Phi) is 6.87. The number of amides is 1. The lowest BCUT2D eigenvalue weighted by Gasteiger charge is -2.43.